The molecule has 1 fully saturated rings. The average Bonchev–Trinajstić information content (AvgIpc) is 3.16. The summed E-state index contributed by atoms with van der Waals surface area (Å²) >= 11 is 0. The van der Waals surface area contributed by atoms with Gasteiger partial charge in [-0.05, 0) is 74.9 Å². The fourth-order valence-electron chi connectivity index (χ4n) is 6.38. The van der Waals surface area contributed by atoms with Crippen LogP contribution in [0.2, 0.25) is 0 Å². The Labute approximate surface area is 248 Å². The van der Waals surface area contributed by atoms with Crippen LogP contribution in [0.5, 0.6) is 0 Å². The summed E-state index contributed by atoms with van der Waals surface area (Å²) in [7, 11) is 0. The van der Waals surface area contributed by atoms with Gasteiger partial charge in [0.2, 0.25) is 11.8 Å². The van der Waals surface area contributed by atoms with Crippen molar-refractivity contribution in [3.05, 3.63) is 84.1 Å². The summed E-state index contributed by atoms with van der Waals surface area (Å²) in [4.78, 5) is 50.0. The van der Waals surface area contributed by atoms with Crippen LogP contribution in [0.1, 0.15) is 74.2 Å². The molecule has 2 heterocycles. The van der Waals surface area contributed by atoms with Gasteiger partial charge < -0.3 is 10.2 Å². The first-order chi connectivity index (χ1) is 20.5. The number of aromatic nitrogens is 1. The number of hydrogen-bond acceptors (Lipinski definition) is 5. The molecule has 8 heteroatoms. The maximum atomic E-state index is 13.6. The minimum atomic E-state index is -0.294. The van der Waals surface area contributed by atoms with Crippen LogP contribution in [0.25, 0.3) is 0 Å². The monoisotopic (exact) mass is 567 g/mol. The molecular weight excluding hydrogens is 526 g/mol. The first-order valence-corrected chi connectivity index (χ1v) is 15.2. The molecule has 1 N–H and O–H groups in total. The van der Waals surface area contributed by atoms with Crippen LogP contribution in [0.3, 0.4) is 0 Å². The summed E-state index contributed by atoms with van der Waals surface area (Å²) < 4.78 is 0. The van der Waals surface area contributed by atoms with Gasteiger partial charge in [0.25, 0.3) is 5.91 Å². The highest BCUT2D eigenvalue weighted by atomic mass is 16.2. The second-order valence-corrected chi connectivity index (χ2v) is 11.1. The van der Waals surface area contributed by atoms with Crippen molar-refractivity contribution in [2.75, 3.05) is 36.4 Å². The van der Waals surface area contributed by atoms with Gasteiger partial charge in [-0.2, -0.15) is 0 Å². The van der Waals surface area contributed by atoms with Gasteiger partial charge >= 0.3 is 0 Å². The number of carbonyl (C=O) groups is 3. The number of nitrogens with one attached hydrogen (secondary N) is 1. The number of fused-ring (bicyclic) bond motifs is 2. The number of rotatable bonds is 10. The summed E-state index contributed by atoms with van der Waals surface area (Å²) in [6, 6.07) is 21.8. The molecule has 0 spiro atoms. The lowest BCUT2D eigenvalue weighted by Gasteiger charge is -2.37. The number of para-hydroxylation sites is 1. The van der Waals surface area contributed by atoms with Crippen LogP contribution in [0.4, 0.5) is 17.2 Å². The topological polar surface area (TPSA) is 85.9 Å². The minimum absolute atomic E-state index is 0.0227. The van der Waals surface area contributed by atoms with Crippen LogP contribution < -0.4 is 10.2 Å². The summed E-state index contributed by atoms with van der Waals surface area (Å²) in [5.41, 5.74) is 2.77. The van der Waals surface area contributed by atoms with Crippen LogP contribution in [0.15, 0.2) is 72.9 Å². The largest absolute Gasteiger partial charge is 0.342 e. The lowest BCUT2D eigenvalue weighted by molar-refractivity contribution is -0.133. The molecule has 3 amide bonds. The molecule has 2 aromatic carbocycles. The van der Waals surface area contributed by atoms with Gasteiger partial charge in [0.05, 0.1) is 16.9 Å². The number of nitrogens with zero attached hydrogens (tertiary/aromatic N) is 4. The van der Waals surface area contributed by atoms with E-state index < -0.39 is 0 Å². The molecule has 0 saturated heterocycles. The molecule has 0 unspecified atom stereocenters. The third-order valence-corrected chi connectivity index (χ3v) is 8.72. The fourth-order valence-corrected chi connectivity index (χ4v) is 6.38. The van der Waals surface area contributed by atoms with Gasteiger partial charge in [-0.25, -0.2) is 4.98 Å². The zero-order valence-electron chi connectivity index (χ0n) is 24.7. The Morgan fingerprint density at radius 3 is 2.36 bits per heavy atom. The zero-order valence-corrected chi connectivity index (χ0v) is 24.7. The predicted octanol–water partition coefficient (Wildman–Crippen LogP) is 5.99. The van der Waals surface area contributed by atoms with Crippen molar-refractivity contribution < 1.29 is 14.4 Å². The molecule has 5 rings (SSSR count). The summed E-state index contributed by atoms with van der Waals surface area (Å²) in [6.07, 6.45) is 6.46. The number of anilines is 3. The number of carbonyl (C=O) groups excluding carboxylic acids is 3. The third-order valence-electron chi connectivity index (χ3n) is 8.72. The van der Waals surface area contributed by atoms with Crippen molar-refractivity contribution in [3.63, 3.8) is 0 Å². The quantitative estimate of drug-likeness (QED) is 0.325. The van der Waals surface area contributed by atoms with E-state index in [0.29, 0.717) is 47.8 Å². The second kappa shape index (κ2) is 13.7. The van der Waals surface area contributed by atoms with E-state index in [9.17, 15) is 14.4 Å². The highest BCUT2D eigenvalue weighted by molar-refractivity contribution is 6.17. The summed E-state index contributed by atoms with van der Waals surface area (Å²) in [5.74, 6) is 0.403. The van der Waals surface area contributed by atoms with Gasteiger partial charge in [-0.1, -0.05) is 49.4 Å². The van der Waals surface area contributed by atoms with Crippen molar-refractivity contribution in [1.29, 1.82) is 0 Å². The van der Waals surface area contributed by atoms with Gasteiger partial charge in [0.15, 0.2) is 5.82 Å². The van der Waals surface area contributed by atoms with E-state index >= 15 is 0 Å². The number of benzene rings is 2. The number of hydrogen-bond donors (Lipinski definition) is 1. The Kier molecular flexibility index (Phi) is 9.64. The van der Waals surface area contributed by atoms with E-state index in [2.05, 4.69) is 52.5 Å². The van der Waals surface area contributed by atoms with Crippen LogP contribution >= 0.6 is 0 Å². The van der Waals surface area contributed by atoms with E-state index in [-0.39, 0.29) is 30.6 Å². The Morgan fingerprint density at radius 2 is 1.62 bits per heavy atom. The van der Waals surface area contributed by atoms with Crippen molar-refractivity contribution in [2.24, 2.45) is 0 Å². The van der Waals surface area contributed by atoms with Crippen LogP contribution in [-0.4, -0.2) is 64.7 Å². The first-order valence-electron chi connectivity index (χ1n) is 15.2. The standard InChI is InChI=1S/C34H41N5O3/c1-3-37(27-18-16-26(17-19-27)25-11-6-5-7-12-25)23-24-38(4-2)31(40)20-21-32(41)39-30-15-9-8-13-28(30)34(42)36-29-14-10-22-35-33(29)39/h5-15,22,26-27H,3-4,16-21,23-24H2,1-2H3,(H,36,42). The SMILES string of the molecule is CCN(CCN(CC)C1CCC(c2ccccc2)CC1)C(=O)CCC(=O)N1c2ccccc2C(=O)Nc2cccnc21. The highest BCUT2D eigenvalue weighted by Gasteiger charge is 2.31. The normalized spacial score (nSPS) is 18.1. The highest BCUT2D eigenvalue weighted by Crippen LogP contribution is 2.37. The van der Waals surface area contributed by atoms with Gasteiger partial charge in [-0.15, -0.1) is 0 Å². The average molecular weight is 568 g/mol. The smallest absolute Gasteiger partial charge is 0.257 e. The lowest BCUT2D eigenvalue weighted by Crippen LogP contribution is -2.44. The van der Waals surface area contributed by atoms with Crippen LogP contribution in [-0.2, 0) is 9.59 Å². The molecule has 42 heavy (non-hydrogen) atoms. The molecule has 220 valence electrons. The van der Waals surface area contributed by atoms with Gasteiger partial charge in [0, 0.05) is 44.7 Å². The molecule has 1 aliphatic carbocycles. The Hall–Kier alpha value is -4.04. The second-order valence-electron chi connectivity index (χ2n) is 11.1. The Balaban J connectivity index is 1.18. The van der Waals surface area contributed by atoms with E-state index in [1.54, 1.807) is 42.6 Å². The fraction of sp³-hybridized carbons (Fsp3) is 0.412. The maximum absolute atomic E-state index is 13.6. The minimum Gasteiger partial charge on any atom is -0.342 e. The third kappa shape index (κ3) is 6.54. The van der Waals surface area contributed by atoms with E-state index in [4.69, 9.17) is 0 Å². The Bertz CT molecular complexity index is 1390. The Morgan fingerprint density at radius 1 is 0.881 bits per heavy atom. The molecule has 2 aliphatic rings. The number of likely N-dealkylation sites (N-methyl/N-ethyl adjacent to an activating group) is 2. The zero-order chi connectivity index (χ0) is 29.5. The van der Waals surface area contributed by atoms with Crippen molar-refractivity contribution >= 4 is 34.9 Å². The van der Waals surface area contributed by atoms with E-state index in [1.165, 1.54) is 36.1 Å². The van der Waals surface area contributed by atoms with E-state index in [1.807, 2.05) is 11.8 Å². The van der Waals surface area contributed by atoms with Gasteiger partial charge in [-0.3, -0.25) is 24.2 Å². The first kappa shape index (κ1) is 29.5. The van der Waals surface area contributed by atoms with Gasteiger partial charge in [0.1, 0.15) is 0 Å². The lowest BCUT2D eigenvalue weighted by atomic mass is 9.81. The van der Waals surface area contributed by atoms with Crippen LogP contribution in [0, 0.1) is 0 Å². The molecule has 0 radical (unpaired) electrons. The maximum Gasteiger partial charge on any atom is 0.257 e. The molecule has 3 aromatic rings. The molecular formula is C34H41N5O3. The predicted molar refractivity (Wildman–Crippen MR) is 166 cm³/mol. The van der Waals surface area contributed by atoms with Crippen molar-refractivity contribution in [1.82, 2.24) is 14.8 Å². The molecule has 0 atom stereocenters. The number of pyridine rings is 1. The number of amides is 3. The molecule has 0 bridgehead atoms. The van der Waals surface area contributed by atoms with Crippen molar-refractivity contribution in [2.45, 2.75) is 64.3 Å². The summed E-state index contributed by atoms with van der Waals surface area (Å²) in [5, 5.41) is 2.85. The molecule has 8 nitrogen and oxygen atoms in total. The van der Waals surface area contributed by atoms with Crippen molar-refractivity contribution in [3.8, 4) is 0 Å². The summed E-state index contributed by atoms with van der Waals surface area (Å²) in [6.45, 7) is 7.22. The molecule has 1 saturated carbocycles. The molecule has 1 aromatic heterocycles. The van der Waals surface area contributed by atoms with E-state index in [0.717, 1.165) is 13.1 Å². The molecule has 1 aliphatic heterocycles.